The maximum atomic E-state index is 10.4. The first-order chi connectivity index (χ1) is 8.61. The second kappa shape index (κ2) is 5.32. The van der Waals surface area contributed by atoms with Gasteiger partial charge in [0.25, 0.3) is 0 Å². The van der Waals surface area contributed by atoms with Crippen molar-refractivity contribution in [3.05, 3.63) is 18.1 Å². The minimum absolute atomic E-state index is 0.297. The highest BCUT2D eigenvalue weighted by Crippen LogP contribution is 2.31. The van der Waals surface area contributed by atoms with Gasteiger partial charge in [-0.25, -0.2) is 9.97 Å². The average Bonchev–Trinajstić information content (AvgIpc) is 2.41. The summed E-state index contributed by atoms with van der Waals surface area (Å²) in [5, 5.41) is 22.1. The van der Waals surface area contributed by atoms with Crippen LogP contribution in [0, 0.1) is 17.2 Å². The summed E-state index contributed by atoms with van der Waals surface area (Å²) in [6.45, 7) is 2.71. The van der Waals surface area contributed by atoms with E-state index in [1.54, 1.807) is 0 Å². The molecule has 0 aromatic carbocycles. The topological polar surface area (TPSA) is 81.8 Å². The summed E-state index contributed by atoms with van der Waals surface area (Å²) in [6.07, 6.45) is 6.73. The van der Waals surface area contributed by atoms with E-state index in [4.69, 9.17) is 5.26 Å². The van der Waals surface area contributed by atoms with Crippen LogP contribution in [0.25, 0.3) is 0 Å². The molecule has 1 saturated carbocycles. The van der Waals surface area contributed by atoms with Crippen molar-refractivity contribution < 1.29 is 5.11 Å². The second-order valence-corrected chi connectivity index (χ2v) is 5.16. The number of rotatable bonds is 3. The fourth-order valence-electron chi connectivity index (χ4n) is 2.21. The Morgan fingerprint density at radius 1 is 1.44 bits per heavy atom. The van der Waals surface area contributed by atoms with Gasteiger partial charge >= 0.3 is 0 Å². The Hall–Kier alpha value is -1.67. The minimum Gasteiger partial charge on any atom is -0.388 e. The van der Waals surface area contributed by atoms with Crippen molar-refractivity contribution in [2.75, 3.05) is 11.9 Å². The lowest BCUT2D eigenvalue weighted by molar-refractivity contribution is 0.00494. The quantitative estimate of drug-likeness (QED) is 0.848. The average molecular weight is 246 g/mol. The van der Waals surface area contributed by atoms with E-state index in [2.05, 4.69) is 22.2 Å². The molecule has 0 bridgehead atoms. The van der Waals surface area contributed by atoms with Gasteiger partial charge in [-0.1, -0.05) is 6.92 Å². The molecule has 1 aromatic heterocycles. The first kappa shape index (κ1) is 12.8. The van der Waals surface area contributed by atoms with Gasteiger partial charge in [0.1, 0.15) is 11.9 Å². The zero-order valence-corrected chi connectivity index (χ0v) is 10.6. The Morgan fingerprint density at radius 3 is 2.72 bits per heavy atom. The van der Waals surface area contributed by atoms with Crippen LogP contribution in [0.4, 0.5) is 5.82 Å². The van der Waals surface area contributed by atoms with E-state index in [-0.39, 0.29) is 0 Å². The number of nitrogens with one attached hydrogen (secondary N) is 1. The first-order valence-electron chi connectivity index (χ1n) is 6.30. The zero-order chi connectivity index (χ0) is 13.0. The molecular formula is C13H18N4O. The lowest BCUT2D eigenvalue weighted by Crippen LogP contribution is -2.40. The van der Waals surface area contributed by atoms with Crippen molar-refractivity contribution in [2.24, 2.45) is 5.92 Å². The Balaban J connectivity index is 1.89. The third kappa shape index (κ3) is 3.17. The molecule has 5 heteroatoms. The lowest BCUT2D eigenvalue weighted by Gasteiger charge is -2.35. The van der Waals surface area contributed by atoms with E-state index in [1.807, 2.05) is 6.07 Å². The van der Waals surface area contributed by atoms with Crippen LogP contribution in [-0.2, 0) is 0 Å². The second-order valence-electron chi connectivity index (χ2n) is 5.16. The molecule has 1 aliphatic carbocycles. The highest BCUT2D eigenvalue weighted by molar-refractivity contribution is 5.33. The van der Waals surface area contributed by atoms with Crippen molar-refractivity contribution in [1.82, 2.24) is 9.97 Å². The Bertz CT molecular complexity index is 429. The van der Waals surface area contributed by atoms with Gasteiger partial charge in [0, 0.05) is 6.54 Å². The molecule has 0 amide bonds. The third-order valence-corrected chi connectivity index (χ3v) is 3.57. The molecular weight excluding hydrogens is 228 g/mol. The summed E-state index contributed by atoms with van der Waals surface area (Å²) in [6, 6.07) is 1.92. The molecule has 0 unspecified atom stereocenters. The number of anilines is 1. The third-order valence-electron chi connectivity index (χ3n) is 3.57. The van der Waals surface area contributed by atoms with Crippen LogP contribution in [0.3, 0.4) is 0 Å². The van der Waals surface area contributed by atoms with Crippen molar-refractivity contribution in [3.8, 4) is 6.07 Å². The molecule has 5 nitrogen and oxygen atoms in total. The van der Waals surface area contributed by atoms with E-state index < -0.39 is 5.60 Å². The van der Waals surface area contributed by atoms with Crippen molar-refractivity contribution in [2.45, 2.75) is 38.2 Å². The van der Waals surface area contributed by atoms with E-state index in [0.717, 1.165) is 25.7 Å². The van der Waals surface area contributed by atoms with Gasteiger partial charge in [-0.05, 0) is 31.6 Å². The first-order valence-corrected chi connectivity index (χ1v) is 6.30. The molecule has 96 valence electrons. The van der Waals surface area contributed by atoms with Crippen LogP contribution < -0.4 is 5.32 Å². The maximum absolute atomic E-state index is 10.4. The van der Waals surface area contributed by atoms with Crippen LogP contribution in [0.1, 0.15) is 38.3 Å². The van der Waals surface area contributed by atoms with Crippen molar-refractivity contribution >= 4 is 5.82 Å². The zero-order valence-electron chi connectivity index (χ0n) is 10.6. The Labute approximate surface area is 107 Å². The van der Waals surface area contributed by atoms with Crippen LogP contribution in [-0.4, -0.2) is 27.2 Å². The summed E-state index contributed by atoms with van der Waals surface area (Å²) in [7, 11) is 0. The van der Waals surface area contributed by atoms with Gasteiger partial charge in [0.05, 0.1) is 18.0 Å². The summed E-state index contributed by atoms with van der Waals surface area (Å²) < 4.78 is 0. The largest absolute Gasteiger partial charge is 0.388 e. The van der Waals surface area contributed by atoms with Crippen molar-refractivity contribution in [3.63, 3.8) is 0 Å². The minimum atomic E-state index is -0.637. The van der Waals surface area contributed by atoms with E-state index in [0.29, 0.717) is 24.0 Å². The molecule has 1 aromatic rings. The monoisotopic (exact) mass is 246 g/mol. The predicted molar refractivity (Wildman–Crippen MR) is 67.8 cm³/mol. The van der Waals surface area contributed by atoms with Gasteiger partial charge in [-0.3, -0.25) is 0 Å². The van der Waals surface area contributed by atoms with Gasteiger partial charge < -0.3 is 10.4 Å². The normalized spacial score (nSPS) is 27.5. The van der Waals surface area contributed by atoms with E-state index in [9.17, 15) is 5.11 Å². The van der Waals surface area contributed by atoms with Crippen LogP contribution in [0.5, 0.6) is 0 Å². The fourth-order valence-corrected chi connectivity index (χ4v) is 2.21. The number of aliphatic hydroxyl groups is 1. The van der Waals surface area contributed by atoms with E-state index in [1.165, 1.54) is 12.4 Å². The molecule has 18 heavy (non-hydrogen) atoms. The molecule has 2 N–H and O–H groups in total. The van der Waals surface area contributed by atoms with Gasteiger partial charge in [-0.2, -0.15) is 5.26 Å². The number of nitriles is 1. The SMILES string of the molecule is CC1CCC(O)(CNc2cnc(C#N)cn2)CC1. The number of nitrogens with zero attached hydrogens (tertiary/aromatic N) is 3. The molecule has 1 heterocycles. The van der Waals surface area contributed by atoms with Crippen LogP contribution in [0.15, 0.2) is 12.4 Å². The molecule has 2 rings (SSSR count). The molecule has 0 atom stereocenters. The standard InChI is InChI=1S/C13H18N4O/c1-10-2-4-13(18,5-3-10)9-17-12-8-15-11(6-14)7-16-12/h7-8,10,18H,2-5,9H2,1H3,(H,16,17). The smallest absolute Gasteiger partial charge is 0.158 e. The summed E-state index contributed by atoms with van der Waals surface area (Å²) in [5.74, 6) is 1.31. The Kier molecular flexibility index (Phi) is 3.78. The number of hydrogen-bond donors (Lipinski definition) is 2. The summed E-state index contributed by atoms with van der Waals surface area (Å²) >= 11 is 0. The van der Waals surface area contributed by atoms with Gasteiger partial charge in [0.2, 0.25) is 0 Å². The molecule has 1 aliphatic rings. The van der Waals surface area contributed by atoms with Crippen LogP contribution >= 0.6 is 0 Å². The van der Waals surface area contributed by atoms with Crippen LogP contribution in [0.2, 0.25) is 0 Å². The van der Waals surface area contributed by atoms with Crippen molar-refractivity contribution in [1.29, 1.82) is 5.26 Å². The molecule has 1 fully saturated rings. The fraction of sp³-hybridized carbons (Fsp3) is 0.615. The number of hydrogen-bond acceptors (Lipinski definition) is 5. The summed E-state index contributed by atoms with van der Waals surface area (Å²) in [4.78, 5) is 8.00. The van der Waals surface area contributed by atoms with Gasteiger partial charge in [0.15, 0.2) is 5.69 Å². The molecule has 0 aliphatic heterocycles. The molecule has 0 radical (unpaired) electrons. The molecule has 0 saturated heterocycles. The maximum Gasteiger partial charge on any atom is 0.158 e. The van der Waals surface area contributed by atoms with E-state index >= 15 is 0 Å². The van der Waals surface area contributed by atoms with Gasteiger partial charge in [-0.15, -0.1) is 0 Å². The predicted octanol–water partition coefficient (Wildman–Crippen LogP) is 1.70. The lowest BCUT2D eigenvalue weighted by atomic mass is 9.79. The number of aromatic nitrogens is 2. The molecule has 0 spiro atoms. The highest BCUT2D eigenvalue weighted by atomic mass is 16.3. The highest BCUT2D eigenvalue weighted by Gasteiger charge is 2.31. The summed E-state index contributed by atoms with van der Waals surface area (Å²) in [5.41, 5.74) is -0.340. The Morgan fingerprint density at radius 2 is 2.17 bits per heavy atom.